The van der Waals surface area contributed by atoms with Crippen LogP contribution in [0.1, 0.15) is 44.6 Å². The standard InChI is InChI=1S/C23H26N4O3/c1-15(27-21(29)23(25-22(27)30)10-4-5-11-23)20(28)26-12-8-16(9-13-26)18-14-24-19-7-3-2-6-17(18)19/h2-3,6-8,14-15,24H,4-5,9-13H2,1H3,(H,25,30). The minimum absolute atomic E-state index is 0.178. The Hall–Kier alpha value is -3.09. The third-order valence-electron chi connectivity index (χ3n) is 6.85. The molecule has 2 aromatic rings. The highest BCUT2D eigenvalue weighted by Crippen LogP contribution is 2.36. The van der Waals surface area contributed by atoms with Crippen molar-refractivity contribution in [1.82, 2.24) is 20.1 Å². The molecule has 7 heteroatoms. The van der Waals surface area contributed by atoms with E-state index in [-0.39, 0.29) is 11.8 Å². The number of aromatic nitrogens is 1. The molecule has 1 saturated heterocycles. The molecule has 1 aliphatic carbocycles. The van der Waals surface area contributed by atoms with E-state index in [1.165, 1.54) is 16.5 Å². The number of nitrogens with zero attached hydrogens (tertiary/aromatic N) is 2. The van der Waals surface area contributed by atoms with Gasteiger partial charge in [0.15, 0.2) is 0 Å². The number of carbonyl (C=O) groups excluding carboxylic acids is 3. The van der Waals surface area contributed by atoms with Crippen LogP contribution in [0.3, 0.4) is 0 Å². The van der Waals surface area contributed by atoms with Gasteiger partial charge in [-0.25, -0.2) is 9.69 Å². The number of aromatic amines is 1. The van der Waals surface area contributed by atoms with Gasteiger partial charge in [0.25, 0.3) is 5.91 Å². The molecule has 5 rings (SSSR count). The lowest BCUT2D eigenvalue weighted by Gasteiger charge is -2.31. The highest BCUT2D eigenvalue weighted by molar-refractivity contribution is 6.10. The van der Waals surface area contributed by atoms with Crippen LogP contribution in [0.2, 0.25) is 0 Å². The van der Waals surface area contributed by atoms with Gasteiger partial charge in [0.2, 0.25) is 5.91 Å². The van der Waals surface area contributed by atoms with Gasteiger partial charge in [-0.2, -0.15) is 0 Å². The van der Waals surface area contributed by atoms with E-state index in [1.54, 1.807) is 11.8 Å². The van der Waals surface area contributed by atoms with Crippen LogP contribution < -0.4 is 5.32 Å². The number of benzene rings is 1. The monoisotopic (exact) mass is 406 g/mol. The lowest BCUT2D eigenvalue weighted by Crippen LogP contribution is -2.51. The fourth-order valence-electron chi connectivity index (χ4n) is 5.14. The van der Waals surface area contributed by atoms with Gasteiger partial charge >= 0.3 is 6.03 Å². The summed E-state index contributed by atoms with van der Waals surface area (Å²) in [5, 5.41) is 4.04. The Morgan fingerprint density at radius 1 is 1.17 bits per heavy atom. The smallest absolute Gasteiger partial charge is 0.325 e. The summed E-state index contributed by atoms with van der Waals surface area (Å²) >= 11 is 0. The van der Waals surface area contributed by atoms with Crippen molar-refractivity contribution in [1.29, 1.82) is 0 Å². The van der Waals surface area contributed by atoms with Crippen molar-refractivity contribution in [3.05, 3.63) is 42.1 Å². The van der Waals surface area contributed by atoms with E-state index < -0.39 is 17.6 Å². The normalized spacial score (nSPS) is 22.0. The zero-order valence-corrected chi connectivity index (χ0v) is 17.1. The minimum Gasteiger partial charge on any atom is -0.361 e. The fourth-order valence-corrected chi connectivity index (χ4v) is 5.14. The molecule has 7 nitrogen and oxygen atoms in total. The molecule has 1 unspecified atom stereocenters. The van der Waals surface area contributed by atoms with Crippen molar-refractivity contribution in [3.8, 4) is 0 Å². The first kappa shape index (κ1) is 18.9. The minimum atomic E-state index is -0.791. The van der Waals surface area contributed by atoms with Crippen molar-refractivity contribution >= 4 is 34.3 Å². The summed E-state index contributed by atoms with van der Waals surface area (Å²) in [4.78, 5) is 44.8. The Morgan fingerprint density at radius 2 is 1.93 bits per heavy atom. The zero-order chi connectivity index (χ0) is 20.9. The van der Waals surface area contributed by atoms with Gasteiger partial charge in [0.1, 0.15) is 11.6 Å². The van der Waals surface area contributed by atoms with Crippen LogP contribution in [-0.2, 0) is 9.59 Å². The van der Waals surface area contributed by atoms with Crippen molar-refractivity contribution < 1.29 is 14.4 Å². The van der Waals surface area contributed by atoms with Crippen LogP contribution in [-0.4, -0.2) is 57.3 Å². The molecule has 0 bridgehead atoms. The number of hydrogen-bond donors (Lipinski definition) is 2. The topological polar surface area (TPSA) is 85.5 Å². The number of rotatable bonds is 3. The molecule has 2 fully saturated rings. The van der Waals surface area contributed by atoms with E-state index in [2.05, 4.69) is 28.5 Å². The van der Waals surface area contributed by atoms with Gasteiger partial charge < -0.3 is 15.2 Å². The second-order valence-corrected chi connectivity index (χ2v) is 8.58. The highest BCUT2D eigenvalue weighted by Gasteiger charge is 2.54. The predicted molar refractivity (Wildman–Crippen MR) is 114 cm³/mol. The molecule has 4 amide bonds. The molecular formula is C23H26N4O3. The maximum atomic E-state index is 13.1. The van der Waals surface area contributed by atoms with Crippen molar-refractivity contribution in [2.45, 2.75) is 50.6 Å². The molecule has 1 spiro atoms. The molecule has 1 atom stereocenters. The molecule has 3 aliphatic rings. The number of para-hydroxylation sites is 1. The molecular weight excluding hydrogens is 380 g/mol. The van der Waals surface area contributed by atoms with E-state index in [0.29, 0.717) is 25.9 Å². The number of imide groups is 1. The number of amides is 4. The van der Waals surface area contributed by atoms with Crippen LogP contribution in [0.5, 0.6) is 0 Å². The molecule has 30 heavy (non-hydrogen) atoms. The number of H-pyrrole nitrogens is 1. The Balaban J connectivity index is 1.31. The largest absolute Gasteiger partial charge is 0.361 e. The Labute approximate surface area is 175 Å². The molecule has 2 aliphatic heterocycles. The predicted octanol–water partition coefficient (Wildman–Crippen LogP) is 3.04. The maximum absolute atomic E-state index is 13.1. The van der Waals surface area contributed by atoms with Gasteiger partial charge in [-0.3, -0.25) is 9.59 Å². The summed E-state index contributed by atoms with van der Waals surface area (Å²) < 4.78 is 0. The second kappa shape index (κ2) is 7.00. The summed E-state index contributed by atoms with van der Waals surface area (Å²) in [6.07, 6.45) is 8.01. The van der Waals surface area contributed by atoms with Crippen molar-refractivity contribution in [2.75, 3.05) is 13.1 Å². The quantitative estimate of drug-likeness (QED) is 0.769. The van der Waals surface area contributed by atoms with Crippen LogP contribution in [0.25, 0.3) is 16.5 Å². The first-order chi connectivity index (χ1) is 14.5. The van der Waals surface area contributed by atoms with Gasteiger partial charge in [-0.1, -0.05) is 37.1 Å². The molecule has 156 valence electrons. The van der Waals surface area contributed by atoms with Crippen LogP contribution in [0.4, 0.5) is 4.79 Å². The van der Waals surface area contributed by atoms with Gasteiger partial charge in [-0.05, 0) is 37.8 Å². The third kappa shape index (κ3) is 2.83. The van der Waals surface area contributed by atoms with Gasteiger partial charge in [-0.15, -0.1) is 0 Å². The summed E-state index contributed by atoms with van der Waals surface area (Å²) in [5.74, 6) is -0.416. The first-order valence-electron chi connectivity index (χ1n) is 10.7. The average molecular weight is 406 g/mol. The molecule has 3 heterocycles. The lowest BCUT2D eigenvalue weighted by molar-refractivity contribution is -0.142. The molecule has 1 saturated carbocycles. The number of carbonyl (C=O) groups is 3. The fraction of sp³-hybridized carbons (Fsp3) is 0.435. The van der Waals surface area contributed by atoms with Crippen molar-refractivity contribution in [3.63, 3.8) is 0 Å². The van der Waals surface area contributed by atoms with E-state index in [0.717, 1.165) is 29.7 Å². The number of nitrogens with one attached hydrogen (secondary N) is 2. The number of hydrogen-bond acceptors (Lipinski definition) is 3. The summed E-state index contributed by atoms with van der Waals surface area (Å²) in [5.41, 5.74) is 2.70. The van der Waals surface area contributed by atoms with E-state index >= 15 is 0 Å². The molecule has 2 N–H and O–H groups in total. The number of urea groups is 1. The van der Waals surface area contributed by atoms with Crippen LogP contribution in [0, 0.1) is 0 Å². The van der Waals surface area contributed by atoms with Crippen molar-refractivity contribution in [2.24, 2.45) is 0 Å². The molecule has 1 aromatic carbocycles. The zero-order valence-electron chi connectivity index (χ0n) is 17.1. The van der Waals surface area contributed by atoms with Gasteiger partial charge in [0, 0.05) is 35.8 Å². The van der Waals surface area contributed by atoms with E-state index in [9.17, 15) is 14.4 Å². The number of fused-ring (bicyclic) bond motifs is 1. The Morgan fingerprint density at radius 3 is 2.67 bits per heavy atom. The average Bonchev–Trinajstić information content (AvgIpc) is 3.46. The Bertz CT molecular complexity index is 1060. The van der Waals surface area contributed by atoms with Crippen LogP contribution in [0.15, 0.2) is 36.5 Å². The highest BCUT2D eigenvalue weighted by atomic mass is 16.2. The summed E-state index contributed by atoms with van der Waals surface area (Å²) in [6.45, 7) is 2.71. The lowest BCUT2D eigenvalue weighted by atomic mass is 9.97. The SMILES string of the molecule is CC(C(=O)N1CC=C(c2c[nH]c3ccccc23)CC1)N1C(=O)NC2(CCCC2)C1=O. The summed E-state index contributed by atoms with van der Waals surface area (Å²) in [6, 6.07) is 6.95. The maximum Gasteiger partial charge on any atom is 0.325 e. The summed E-state index contributed by atoms with van der Waals surface area (Å²) in [7, 11) is 0. The molecule has 1 aromatic heterocycles. The first-order valence-corrected chi connectivity index (χ1v) is 10.7. The van der Waals surface area contributed by atoms with Crippen LogP contribution >= 0.6 is 0 Å². The Kier molecular flexibility index (Phi) is 4.41. The second-order valence-electron chi connectivity index (χ2n) is 8.58. The van der Waals surface area contributed by atoms with E-state index in [1.807, 2.05) is 18.3 Å². The third-order valence-corrected chi connectivity index (χ3v) is 6.85. The molecule has 0 radical (unpaired) electrons. The van der Waals surface area contributed by atoms with E-state index in [4.69, 9.17) is 0 Å². The van der Waals surface area contributed by atoms with Gasteiger partial charge in [0.05, 0.1) is 0 Å².